The van der Waals surface area contributed by atoms with Gasteiger partial charge >= 0.3 is 0 Å². The molecule has 0 radical (unpaired) electrons. The molecular formula is C24H35N5O3. The lowest BCUT2D eigenvalue weighted by Gasteiger charge is -2.28. The third kappa shape index (κ3) is 5.14. The molecule has 0 saturated carbocycles. The van der Waals surface area contributed by atoms with Gasteiger partial charge in [-0.05, 0) is 43.6 Å². The molecule has 1 aromatic heterocycles. The van der Waals surface area contributed by atoms with E-state index in [1.807, 2.05) is 16.8 Å². The zero-order chi connectivity index (χ0) is 22.5. The summed E-state index contributed by atoms with van der Waals surface area (Å²) in [7, 11) is 1.68. The molecule has 2 N–H and O–H groups in total. The number of aromatic hydroxyl groups is 1. The van der Waals surface area contributed by atoms with Crippen LogP contribution in [0.1, 0.15) is 47.1 Å². The molecule has 32 heavy (non-hydrogen) atoms. The normalized spacial score (nSPS) is 19.2. The van der Waals surface area contributed by atoms with E-state index in [9.17, 15) is 9.90 Å². The van der Waals surface area contributed by atoms with Crippen LogP contribution in [0.5, 0.6) is 5.75 Å². The number of fused-ring (bicyclic) bond motifs is 1. The summed E-state index contributed by atoms with van der Waals surface area (Å²) < 4.78 is 7.21. The first-order chi connectivity index (χ1) is 15.6. The number of aromatic nitrogens is 2. The highest BCUT2D eigenvalue weighted by molar-refractivity contribution is 5.94. The standard InChI is InChI=1S/C24H35N5O3/c1-3-28-10-5-7-19(28)15-25-24(31)23-21-17-27(16-18-6-4-8-20(30)14-18)11-9-22(21)29(26-23)12-13-32-2/h4,6,8,14,19,30H,3,5,7,9-13,15-17H2,1-2H3,(H,25,31). The van der Waals surface area contributed by atoms with Gasteiger partial charge in [0.25, 0.3) is 5.91 Å². The van der Waals surface area contributed by atoms with E-state index < -0.39 is 0 Å². The Morgan fingerprint density at radius 3 is 3.00 bits per heavy atom. The average Bonchev–Trinajstić information content (AvgIpc) is 3.40. The minimum Gasteiger partial charge on any atom is -0.508 e. The molecule has 0 spiro atoms. The minimum atomic E-state index is -0.0837. The number of hydrogen-bond acceptors (Lipinski definition) is 6. The number of methoxy groups -OCH3 is 1. The maximum Gasteiger partial charge on any atom is 0.272 e. The molecule has 1 unspecified atom stereocenters. The van der Waals surface area contributed by atoms with Gasteiger partial charge in [-0.2, -0.15) is 5.10 Å². The maximum absolute atomic E-state index is 13.2. The molecule has 4 rings (SSSR count). The molecule has 0 bridgehead atoms. The van der Waals surface area contributed by atoms with E-state index in [4.69, 9.17) is 9.84 Å². The number of amides is 1. The number of phenolic OH excluding ortho intramolecular Hbond substituents is 1. The minimum absolute atomic E-state index is 0.0837. The smallest absolute Gasteiger partial charge is 0.272 e. The lowest BCUT2D eigenvalue weighted by atomic mass is 10.0. The van der Waals surface area contributed by atoms with E-state index in [1.165, 1.54) is 6.42 Å². The summed E-state index contributed by atoms with van der Waals surface area (Å²) in [4.78, 5) is 17.9. The van der Waals surface area contributed by atoms with Gasteiger partial charge in [0.1, 0.15) is 5.75 Å². The molecule has 1 atom stereocenters. The van der Waals surface area contributed by atoms with Crippen LogP contribution in [0.3, 0.4) is 0 Å². The number of likely N-dealkylation sites (tertiary alicyclic amines) is 1. The summed E-state index contributed by atoms with van der Waals surface area (Å²) in [6.45, 7) is 8.47. The topological polar surface area (TPSA) is 82.9 Å². The van der Waals surface area contributed by atoms with Crippen molar-refractivity contribution in [3.8, 4) is 5.75 Å². The molecule has 174 valence electrons. The molecule has 1 amide bonds. The van der Waals surface area contributed by atoms with Crippen molar-refractivity contribution in [2.45, 2.75) is 51.9 Å². The SMILES string of the molecule is CCN1CCCC1CNC(=O)c1nn(CCOC)c2c1CN(Cc1cccc(O)c1)CC2. The highest BCUT2D eigenvalue weighted by Gasteiger charge is 2.29. The van der Waals surface area contributed by atoms with Crippen LogP contribution in [0, 0.1) is 0 Å². The Kier molecular flexibility index (Phi) is 7.44. The highest BCUT2D eigenvalue weighted by Crippen LogP contribution is 2.25. The van der Waals surface area contributed by atoms with Gasteiger partial charge in [-0.25, -0.2) is 0 Å². The van der Waals surface area contributed by atoms with Crippen LogP contribution in [0.2, 0.25) is 0 Å². The first kappa shape index (κ1) is 22.8. The molecule has 2 aliphatic rings. The largest absolute Gasteiger partial charge is 0.508 e. The summed E-state index contributed by atoms with van der Waals surface area (Å²) in [5, 5.41) is 17.7. The van der Waals surface area contributed by atoms with Crippen LogP contribution in [0.25, 0.3) is 0 Å². The Morgan fingerprint density at radius 1 is 1.34 bits per heavy atom. The van der Waals surface area contributed by atoms with Gasteiger partial charge in [-0.3, -0.25) is 19.3 Å². The first-order valence-corrected chi connectivity index (χ1v) is 11.7. The second-order valence-electron chi connectivity index (χ2n) is 8.76. The van der Waals surface area contributed by atoms with Gasteiger partial charge in [0.05, 0.1) is 13.2 Å². The van der Waals surface area contributed by atoms with Crippen LogP contribution in [-0.4, -0.2) is 76.5 Å². The van der Waals surface area contributed by atoms with Crippen molar-refractivity contribution in [3.63, 3.8) is 0 Å². The van der Waals surface area contributed by atoms with Crippen molar-refractivity contribution in [2.75, 3.05) is 39.9 Å². The van der Waals surface area contributed by atoms with Crippen LogP contribution in [0.4, 0.5) is 0 Å². The van der Waals surface area contributed by atoms with E-state index in [2.05, 4.69) is 22.0 Å². The molecule has 1 saturated heterocycles. The van der Waals surface area contributed by atoms with Crippen molar-refractivity contribution >= 4 is 5.91 Å². The number of ether oxygens (including phenoxy) is 1. The number of nitrogens with one attached hydrogen (secondary N) is 1. The van der Waals surface area contributed by atoms with E-state index in [-0.39, 0.29) is 11.7 Å². The lowest BCUT2D eigenvalue weighted by molar-refractivity contribution is 0.0932. The Labute approximate surface area is 190 Å². The summed E-state index contributed by atoms with van der Waals surface area (Å²) >= 11 is 0. The molecule has 1 fully saturated rings. The molecule has 2 aromatic rings. The fraction of sp³-hybridized carbons (Fsp3) is 0.583. The first-order valence-electron chi connectivity index (χ1n) is 11.7. The summed E-state index contributed by atoms with van der Waals surface area (Å²) in [5.41, 5.74) is 3.75. The number of likely N-dealkylation sites (N-methyl/N-ethyl adjacent to an activating group) is 1. The van der Waals surface area contributed by atoms with Crippen molar-refractivity contribution in [2.24, 2.45) is 0 Å². The number of phenols is 1. The fourth-order valence-corrected chi connectivity index (χ4v) is 4.98. The zero-order valence-corrected chi connectivity index (χ0v) is 19.2. The molecule has 8 heteroatoms. The Morgan fingerprint density at radius 2 is 2.22 bits per heavy atom. The molecule has 2 aliphatic heterocycles. The molecular weight excluding hydrogens is 406 g/mol. The Hall–Kier alpha value is -2.42. The Balaban J connectivity index is 1.49. The van der Waals surface area contributed by atoms with Crippen LogP contribution in [0.15, 0.2) is 24.3 Å². The number of benzene rings is 1. The van der Waals surface area contributed by atoms with Crippen LogP contribution < -0.4 is 5.32 Å². The van der Waals surface area contributed by atoms with Gasteiger partial charge in [-0.15, -0.1) is 0 Å². The summed E-state index contributed by atoms with van der Waals surface area (Å²) in [6, 6.07) is 7.78. The number of nitrogens with zero attached hydrogens (tertiary/aromatic N) is 4. The van der Waals surface area contributed by atoms with Gasteiger partial charge in [-0.1, -0.05) is 19.1 Å². The number of carbonyl (C=O) groups is 1. The summed E-state index contributed by atoms with van der Waals surface area (Å²) in [6.07, 6.45) is 3.16. The number of hydrogen-bond donors (Lipinski definition) is 2. The summed E-state index contributed by atoms with van der Waals surface area (Å²) in [5.74, 6) is 0.195. The molecule has 3 heterocycles. The van der Waals surface area contributed by atoms with Crippen molar-refractivity contribution in [1.29, 1.82) is 0 Å². The van der Waals surface area contributed by atoms with Gasteiger partial charge in [0.15, 0.2) is 5.69 Å². The third-order valence-corrected chi connectivity index (χ3v) is 6.66. The molecule has 0 aliphatic carbocycles. The van der Waals surface area contributed by atoms with Crippen molar-refractivity contribution < 1.29 is 14.6 Å². The number of rotatable bonds is 9. The van der Waals surface area contributed by atoms with Crippen molar-refractivity contribution in [1.82, 2.24) is 24.9 Å². The third-order valence-electron chi connectivity index (χ3n) is 6.66. The van der Waals surface area contributed by atoms with Crippen molar-refractivity contribution in [3.05, 3.63) is 46.8 Å². The van der Waals surface area contributed by atoms with Gasteiger partial charge in [0, 0.05) is 57.0 Å². The van der Waals surface area contributed by atoms with E-state index >= 15 is 0 Å². The molecule has 1 aromatic carbocycles. The zero-order valence-electron chi connectivity index (χ0n) is 19.2. The van der Waals surface area contributed by atoms with Gasteiger partial charge in [0.2, 0.25) is 0 Å². The van der Waals surface area contributed by atoms with Gasteiger partial charge < -0.3 is 15.2 Å². The quantitative estimate of drug-likeness (QED) is 0.620. The van der Waals surface area contributed by atoms with E-state index in [1.54, 1.807) is 19.2 Å². The average molecular weight is 442 g/mol. The van der Waals surface area contributed by atoms with Crippen LogP contribution in [-0.2, 0) is 30.8 Å². The second-order valence-corrected chi connectivity index (χ2v) is 8.76. The van der Waals surface area contributed by atoms with Crippen LogP contribution >= 0.6 is 0 Å². The predicted molar refractivity (Wildman–Crippen MR) is 123 cm³/mol. The molecule has 8 nitrogen and oxygen atoms in total. The monoisotopic (exact) mass is 441 g/mol. The highest BCUT2D eigenvalue weighted by atomic mass is 16.5. The van der Waals surface area contributed by atoms with E-state index in [0.29, 0.717) is 38.0 Å². The second kappa shape index (κ2) is 10.5. The fourth-order valence-electron chi connectivity index (χ4n) is 4.98. The predicted octanol–water partition coefficient (Wildman–Crippen LogP) is 2.01. The lowest BCUT2D eigenvalue weighted by Crippen LogP contribution is -2.40. The Bertz CT molecular complexity index is 928. The maximum atomic E-state index is 13.2. The number of carbonyl (C=O) groups excluding carboxylic acids is 1. The van der Waals surface area contributed by atoms with E-state index in [0.717, 1.165) is 55.8 Å².